The van der Waals surface area contributed by atoms with Crippen molar-refractivity contribution in [1.29, 1.82) is 0 Å². The highest BCUT2D eigenvalue weighted by atomic mass is 16.4. The van der Waals surface area contributed by atoms with Gasteiger partial charge in [-0.2, -0.15) is 0 Å². The zero-order valence-electron chi connectivity index (χ0n) is 10.8. The Hall–Kier alpha value is -2.71. The molecule has 0 aromatic carbocycles. The molecule has 2 rings (SSSR count). The molecule has 0 fully saturated rings. The topological polar surface area (TPSA) is 115 Å². The highest BCUT2D eigenvalue weighted by Crippen LogP contribution is 1.97. The number of carbonyl (C=O) groups excluding carboxylic acids is 1. The van der Waals surface area contributed by atoms with E-state index in [9.17, 15) is 9.59 Å². The number of amides is 1. The molecule has 0 bridgehead atoms. The van der Waals surface area contributed by atoms with Crippen LogP contribution in [0.3, 0.4) is 0 Å². The number of carboxylic acid groups (broad SMARTS) is 1. The summed E-state index contributed by atoms with van der Waals surface area (Å²) in [6.45, 7) is 2.10. The van der Waals surface area contributed by atoms with Crippen LogP contribution in [0.15, 0.2) is 24.9 Å². The van der Waals surface area contributed by atoms with Crippen LogP contribution in [-0.4, -0.2) is 47.6 Å². The van der Waals surface area contributed by atoms with E-state index >= 15 is 0 Å². The van der Waals surface area contributed by atoms with Crippen molar-refractivity contribution in [3.63, 3.8) is 0 Å². The molecular formula is C11H14N6O3. The van der Waals surface area contributed by atoms with Crippen LogP contribution in [-0.2, 0) is 17.9 Å². The van der Waals surface area contributed by atoms with E-state index in [1.54, 1.807) is 18.7 Å². The van der Waals surface area contributed by atoms with Crippen LogP contribution in [0.4, 0.5) is 0 Å². The molecule has 9 heteroatoms. The second kappa shape index (κ2) is 5.95. The van der Waals surface area contributed by atoms with Crippen molar-refractivity contribution in [3.8, 4) is 0 Å². The van der Waals surface area contributed by atoms with Crippen molar-refractivity contribution in [1.82, 2.24) is 29.9 Å². The molecule has 1 unspecified atom stereocenters. The first-order valence-corrected chi connectivity index (χ1v) is 5.93. The minimum absolute atomic E-state index is 0.0868. The summed E-state index contributed by atoms with van der Waals surface area (Å²) in [5, 5.41) is 18.6. The lowest BCUT2D eigenvalue weighted by atomic mass is 10.3. The Kier molecular flexibility index (Phi) is 4.08. The summed E-state index contributed by atoms with van der Waals surface area (Å²) in [4.78, 5) is 26.3. The van der Waals surface area contributed by atoms with Crippen molar-refractivity contribution in [3.05, 3.63) is 30.6 Å². The van der Waals surface area contributed by atoms with E-state index in [1.165, 1.54) is 6.20 Å². The van der Waals surface area contributed by atoms with Gasteiger partial charge in [0.05, 0.1) is 12.5 Å². The first kappa shape index (κ1) is 13.7. The molecule has 1 atom stereocenters. The number of hydrogen-bond donors (Lipinski definition) is 2. The minimum Gasteiger partial charge on any atom is -0.480 e. The van der Waals surface area contributed by atoms with Crippen LogP contribution >= 0.6 is 0 Å². The molecular weight excluding hydrogens is 264 g/mol. The van der Waals surface area contributed by atoms with Crippen LogP contribution in [0.2, 0.25) is 0 Å². The molecule has 1 amide bonds. The SMILES string of the molecule is CC(Cn1ccnc1)NC(=O)c1cn(CC(=O)O)nn1. The summed E-state index contributed by atoms with van der Waals surface area (Å²) in [6.07, 6.45) is 6.41. The standard InChI is InChI=1S/C11H14N6O3/c1-8(4-16-3-2-12-7-16)13-11(20)9-5-17(15-14-9)6-10(18)19/h2-3,5,7-8H,4,6H2,1H3,(H,13,20)(H,18,19). The van der Waals surface area contributed by atoms with Crippen LogP contribution in [0.5, 0.6) is 0 Å². The number of carbonyl (C=O) groups is 2. The summed E-state index contributed by atoms with van der Waals surface area (Å²) in [5.41, 5.74) is 0.0868. The molecule has 0 aliphatic carbocycles. The van der Waals surface area contributed by atoms with Crippen LogP contribution in [0, 0.1) is 0 Å². The van der Waals surface area contributed by atoms with Gasteiger partial charge < -0.3 is 15.0 Å². The van der Waals surface area contributed by atoms with Gasteiger partial charge in [0.2, 0.25) is 0 Å². The largest absolute Gasteiger partial charge is 0.480 e. The van der Waals surface area contributed by atoms with E-state index in [-0.39, 0.29) is 18.3 Å². The fourth-order valence-electron chi connectivity index (χ4n) is 1.67. The van der Waals surface area contributed by atoms with Crippen LogP contribution in [0.1, 0.15) is 17.4 Å². The predicted octanol–water partition coefficient (Wildman–Crippen LogP) is -0.622. The van der Waals surface area contributed by atoms with E-state index < -0.39 is 11.9 Å². The van der Waals surface area contributed by atoms with Gasteiger partial charge in [-0.05, 0) is 6.92 Å². The van der Waals surface area contributed by atoms with E-state index in [4.69, 9.17) is 5.11 Å². The third-order valence-corrected chi connectivity index (χ3v) is 2.49. The van der Waals surface area contributed by atoms with E-state index in [1.807, 2.05) is 11.5 Å². The number of carboxylic acids is 1. The molecule has 0 radical (unpaired) electrons. The van der Waals surface area contributed by atoms with Gasteiger partial charge in [0.15, 0.2) is 5.69 Å². The number of nitrogens with one attached hydrogen (secondary N) is 1. The molecule has 0 saturated heterocycles. The first-order valence-electron chi connectivity index (χ1n) is 5.93. The van der Waals surface area contributed by atoms with Crippen molar-refractivity contribution < 1.29 is 14.7 Å². The summed E-state index contributed by atoms with van der Waals surface area (Å²) in [7, 11) is 0. The highest BCUT2D eigenvalue weighted by Gasteiger charge is 2.14. The monoisotopic (exact) mass is 278 g/mol. The Morgan fingerprint density at radius 1 is 1.50 bits per heavy atom. The summed E-state index contributed by atoms with van der Waals surface area (Å²) in [6, 6.07) is -0.124. The number of aliphatic carboxylic acids is 1. The van der Waals surface area contributed by atoms with E-state index in [2.05, 4.69) is 20.6 Å². The van der Waals surface area contributed by atoms with Gasteiger partial charge in [0, 0.05) is 25.0 Å². The normalized spacial score (nSPS) is 12.1. The van der Waals surface area contributed by atoms with Gasteiger partial charge in [-0.1, -0.05) is 5.21 Å². The number of hydrogen-bond acceptors (Lipinski definition) is 5. The molecule has 2 aromatic rings. The number of aromatic nitrogens is 5. The number of rotatable bonds is 6. The van der Waals surface area contributed by atoms with Gasteiger partial charge in [0.1, 0.15) is 6.54 Å². The molecule has 106 valence electrons. The molecule has 2 N–H and O–H groups in total. The fourth-order valence-corrected chi connectivity index (χ4v) is 1.67. The van der Waals surface area contributed by atoms with Crippen LogP contribution in [0.25, 0.3) is 0 Å². The van der Waals surface area contributed by atoms with Crippen molar-refractivity contribution in [2.45, 2.75) is 26.1 Å². The van der Waals surface area contributed by atoms with Crippen molar-refractivity contribution in [2.75, 3.05) is 0 Å². The lowest BCUT2D eigenvalue weighted by molar-refractivity contribution is -0.137. The zero-order chi connectivity index (χ0) is 14.5. The summed E-state index contributed by atoms with van der Waals surface area (Å²) < 4.78 is 2.93. The Morgan fingerprint density at radius 2 is 2.30 bits per heavy atom. The Bertz CT molecular complexity index is 591. The summed E-state index contributed by atoms with van der Waals surface area (Å²) >= 11 is 0. The minimum atomic E-state index is -1.05. The molecule has 0 saturated carbocycles. The number of imidazole rings is 1. The molecule has 2 aromatic heterocycles. The maximum absolute atomic E-state index is 11.9. The molecule has 20 heavy (non-hydrogen) atoms. The van der Waals surface area contributed by atoms with Crippen molar-refractivity contribution >= 4 is 11.9 Å². The van der Waals surface area contributed by atoms with E-state index in [0.29, 0.717) is 6.54 Å². The Labute approximate surface area is 114 Å². The number of nitrogens with zero attached hydrogens (tertiary/aromatic N) is 5. The fraction of sp³-hybridized carbons (Fsp3) is 0.364. The highest BCUT2D eigenvalue weighted by molar-refractivity contribution is 5.92. The van der Waals surface area contributed by atoms with Gasteiger partial charge in [-0.25, -0.2) is 9.67 Å². The molecule has 9 nitrogen and oxygen atoms in total. The maximum Gasteiger partial charge on any atom is 0.325 e. The quantitative estimate of drug-likeness (QED) is 0.727. The van der Waals surface area contributed by atoms with Crippen molar-refractivity contribution in [2.24, 2.45) is 0 Å². The average molecular weight is 278 g/mol. The molecule has 0 aliphatic heterocycles. The Morgan fingerprint density at radius 3 is 2.95 bits per heavy atom. The van der Waals surface area contributed by atoms with E-state index in [0.717, 1.165) is 4.68 Å². The lowest BCUT2D eigenvalue weighted by Crippen LogP contribution is -2.35. The van der Waals surface area contributed by atoms with Crippen LogP contribution < -0.4 is 5.32 Å². The Balaban J connectivity index is 1.90. The zero-order valence-corrected chi connectivity index (χ0v) is 10.8. The third kappa shape index (κ3) is 3.64. The maximum atomic E-state index is 11.9. The third-order valence-electron chi connectivity index (χ3n) is 2.49. The van der Waals surface area contributed by atoms with Gasteiger partial charge in [0.25, 0.3) is 5.91 Å². The van der Waals surface area contributed by atoms with Gasteiger partial charge in [-0.3, -0.25) is 9.59 Å². The van der Waals surface area contributed by atoms with Gasteiger partial charge >= 0.3 is 5.97 Å². The summed E-state index contributed by atoms with van der Waals surface area (Å²) in [5.74, 6) is -1.44. The second-order valence-electron chi connectivity index (χ2n) is 4.33. The molecule has 0 aliphatic rings. The molecule has 2 heterocycles. The lowest BCUT2D eigenvalue weighted by Gasteiger charge is -2.13. The molecule has 0 spiro atoms. The smallest absolute Gasteiger partial charge is 0.325 e. The average Bonchev–Trinajstić information content (AvgIpc) is 2.99. The van der Waals surface area contributed by atoms with Gasteiger partial charge in [-0.15, -0.1) is 5.10 Å². The second-order valence-corrected chi connectivity index (χ2v) is 4.33. The first-order chi connectivity index (χ1) is 9.54. The predicted molar refractivity (Wildman–Crippen MR) is 66.8 cm³/mol.